The number of nitrogens with zero attached hydrogens (tertiary/aromatic N) is 1. The first-order chi connectivity index (χ1) is 8.00. The van der Waals surface area contributed by atoms with Crippen molar-refractivity contribution in [2.24, 2.45) is 0 Å². The molecule has 1 N–H and O–H groups in total. The van der Waals surface area contributed by atoms with Crippen molar-refractivity contribution in [1.82, 2.24) is 9.62 Å². The molecule has 0 aliphatic heterocycles. The first kappa shape index (κ1) is 14.1. The lowest BCUT2D eigenvalue weighted by atomic mass is 10.3. The second kappa shape index (κ2) is 6.09. The summed E-state index contributed by atoms with van der Waals surface area (Å²) in [7, 11) is -0.467. The maximum absolute atomic E-state index is 13.4. The Morgan fingerprint density at radius 1 is 1.35 bits per heavy atom. The number of benzene rings is 1. The summed E-state index contributed by atoms with van der Waals surface area (Å²) in [5.41, 5.74) is 0. The van der Waals surface area contributed by atoms with Crippen LogP contribution in [0.15, 0.2) is 29.2 Å². The molecule has 0 bridgehead atoms. The zero-order valence-corrected chi connectivity index (χ0v) is 10.8. The van der Waals surface area contributed by atoms with Crippen LogP contribution in [0.2, 0.25) is 0 Å². The summed E-state index contributed by atoms with van der Waals surface area (Å²) >= 11 is 0. The molecule has 0 aliphatic rings. The van der Waals surface area contributed by atoms with Gasteiger partial charge in [0.2, 0.25) is 10.0 Å². The molecule has 0 atom stereocenters. The fourth-order valence-electron chi connectivity index (χ4n) is 1.42. The average molecular weight is 260 g/mol. The number of sulfonamides is 1. The molecule has 0 fully saturated rings. The third kappa shape index (κ3) is 3.49. The lowest BCUT2D eigenvalue weighted by molar-refractivity contribution is 0.452. The molecular weight excluding hydrogens is 243 g/mol. The highest BCUT2D eigenvalue weighted by Crippen LogP contribution is 2.17. The van der Waals surface area contributed by atoms with Gasteiger partial charge in [-0.3, -0.25) is 0 Å². The molecular formula is C11H17FN2O2S. The molecule has 1 aromatic rings. The minimum atomic E-state index is -3.72. The predicted molar refractivity (Wildman–Crippen MR) is 64.8 cm³/mol. The van der Waals surface area contributed by atoms with Crippen molar-refractivity contribution in [3.8, 4) is 0 Å². The fourth-order valence-corrected chi connectivity index (χ4v) is 2.69. The van der Waals surface area contributed by atoms with E-state index in [1.54, 1.807) is 7.05 Å². The van der Waals surface area contributed by atoms with Gasteiger partial charge in [0, 0.05) is 13.6 Å². The molecule has 4 nitrogen and oxygen atoms in total. The van der Waals surface area contributed by atoms with Crippen molar-refractivity contribution in [2.75, 3.05) is 27.2 Å². The summed E-state index contributed by atoms with van der Waals surface area (Å²) in [6.07, 6.45) is 0.681. The van der Waals surface area contributed by atoms with Gasteiger partial charge in [-0.1, -0.05) is 12.1 Å². The van der Waals surface area contributed by atoms with Crippen LogP contribution in [0.1, 0.15) is 6.42 Å². The van der Waals surface area contributed by atoms with Gasteiger partial charge in [-0.2, -0.15) is 0 Å². The molecule has 96 valence electrons. The zero-order valence-electron chi connectivity index (χ0n) is 9.98. The molecule has 0 aliphatic carbocycles. The Morgan fingerprint density at radius 2 is 2.00 bits per heavy atom. The lowest BCUT2D eigenvalue weighted by Gasteiger charge is -2.17. The summed E-state index contributed by atoms with van der Waals surface area (Å²) in [5.74, 6) is -0.715. The van der Waals surface area contributed by atoms with Crippen LogP contribution in [-0.2, 0) is 10.0 Å². The second-order valence-corrected chi connectivity index (χ2v) is 5.73. The van der Waals surface area contributed by atoms with Crippen LogP contribution in [0.3, 0.4) is 0 Å². The first-order valence-corrected chi connectivity index (χ1v) is 6.79. The van der Waals surface area contributed by atoms with Crippen molar-refractivity contribution < 1.29 is 12.8 Å². The molecule has 0 heterocycles. The average Bonchev–Trinajstić information content (AvgIpc) is 2.29. The highest BCUT2D eigenvalue weighted by molar-refractivity contribution is 7.89. The van der Waals surface area contributed by atoms with Gasteiger partial charge in [0.1, 0.15) is 10.7 Å². The minimum Gasteiger partial charge on any atom is -0.320 e. The minimum absolute atomic E-state index is 0.271. The maximum Gasteiger partial charge on any atom is 0.245 e. The summed E-state index contributed by atoms with van der Waals surface area (Å²) in [6.45, 7) is 1.08. The van der Waals surface area contributed by atoms with Crippen LogP contribution in [0, 0.1) is 5.82 Å². The Balaban J connectivity index is 2.85. The highest BCUT2D eigenvalue weighted by atomic mass is 32.2. The summed E-state index contributed by atoms with van der Waals surface area (Å²) < 4.78 is 38.6. The number of nitrogens with one attached hydrogen (secondary N) is 1. The Labute approximate surface area is 101 Å². The van der Waals surface area contributed by atoms with Gasteiger partial charge in [0.15, 0.2) is 0 Å². The van der Waals surface area contributed by atoms with E-state index in [4.69, 9.17) is 0 Å². The Morgan fingerprint density at radius 3 is 2.59 bits per heavy atom. The highest BCUT2D eigenvalue weighted by Gasteiger charge is 2.23. The van der Waals surface area contributed by atoms with Crippen LogP contribution in [0.5, 0.6) is 0 Å². The van der Waals surface area contributed by atoms with Gasteiger partial charge in [-0.05, 0) is 32.1 Å². The van der Waals surface area contributed by atoms with E-state index < -0.39 is 15.8 Å². The Bertz CT molecular complexity index is 462. The van der Waals surface area contributed by atoms with Gasteiger partial charge in [0.05, 0.1) is 0 Å². The molecule has 6 heteroatoms. The van der Waals surface area contributed by atoms with Crippen LogP contribution >= 0.6 is 0 Å². The van der Waals surface area contributed by atoms with E-state index in [1.807, 2.05) is 0 Å². The second-order valence-electron chi connectivity index (χ2n) is 3.71. The van der Waals surface area contributed by atoms with E-state index in [9.17, 15) is 12.8 Å². The molecule has 0 spiro atoms. The topological polar surface area (TPSA) is 49.4 Å². The predicted octanol–water partition coefficient (Wildman–Crippen LogP) is 1.06. The van der Waals surface area contributed by atoms with E-state index in [0.29, 0.717) is 13.0 Å². The normalized spacial score (nSPS) is 12.0. The van der Waals surface area contributed by atoms with Gasteiger partial charge >= 0.3 is 0 Å². The smallest absolute Gasteiger partial charge is 0.245 e. The summed E-state index contributed by atoms with van der Waals surface area (Å²) in [4.78, 5) is -0.271. The molecule has 1 aromatic carbocycles. The van der Waals surface area contributed by atoms with E-state index >= 15 is 0 Å². The summed E-state index contributed by atoms with van der Waals surface area (Å²) in [6, 6.07) is 5.40. The molecule has 0 aromatic heterocycles. The van der Waals surface area contributed by atoms with Crippen molar-refractivity contribution in [2.45, 2.75) is 11.3 Å². The van der Waals surface area contributed by atoms with Crippen LogP contribution in [0.25, 0.3) is 0 Å². The van der Waals surface area contributed by atoms with Crippen molar-refractivity contribution in [1.29, 1.82) is 0 Å². The molecule has 0 radical (unpaired) electrons. The first-order valence-electron chi connectivity index (χ1n) is 5.35. The van der Waals surface area contributed by atoms with Crippen LogP contribution in [-0.4, -0.2) is 39.9 Å². The number of hydrogen-bond donors (Lipinski definition) is 1. The molecule has 17 heavy (non-hydrogen) atoms. The molecule has 0 unspecified atom stereocenters. The lowest BCUT2D eigenvalue weighted by Crippen LogP contribution is -2.30. The van der Waals surface area contributed by atoms with E-state index in [0.717, 1.165) is 12.6 Å². The van der Waals surface area contributed by atoms with Crippen molar-refractivity contribution >= 4 is 10.0 Å². The number of rotatable bonds is 6. The molecule has 0 amide bonds. The van der Waals surface area contributed by atoms with Crippen LogP contribution in [0.4, 0.5) is 4.39 Å². The van der Waals surface area contributed by atoms with Crippen LogP contribution < -0.4 is 5.32 Å². The van der Waals surface area contributed by atoms with E-state index in [2.05, 4.69) is 5.32 Å². The maximum atomic E-state index is 13.4. The quantitative estimate of drug-likeness (QED) is 0.778. The number of hydrogen-bond acceptors (Lipinski definition) is 3. The SMILES string of the molecule is CNCCCN(C)S(=O)(=O)c1ccccc1F. The monoisotopic (exact) mass is 260 g/mol. The van der Waals surface area contributed by atoms with Crippen molar-refractivity contribution in [3.05, 3.63) is 30.1 Å². The third-order valence-electron chi connectivity index (χ3n) is 2.42. The number of halogens is 1. The summed E-state index contributed by atoms with van der Waals surface area (Å²) in [5, 5.41) is 2.93. The Kier molecular flexibility index (Phi) is 5.04. The van der Waals surface area contributed by atoms with Gasteiger partial charge in [-0.15, -0.1) is 0 Å². The van der Waals surface area contributed by atoms with Crippen molar-refractivity contribution in [3.63, 3.8) is 0 Å². The Hall–Kier alpha value is -0.980. The van der Waals surface area contributed by atoms with Gasteiger partial charge in [0.25, 0.3) is 0 Å². The molecule has 0 saturated heterocycles. The standard InChI is InChI=1S/C11H17FN2O2S/c1-13-8-5-9-14(2)17(15,16)11-7-4-3-6-10(11)12/h3-4,6-7,13H,5,8-9H2,1-2H3. The van der Waals surface area contributed by atoms with E-state index in [-0.39, 0.29) is 4.90 Å². The third-order valence-corrected chi connectivity index (χ3v) is 4.31. The zero-order chi connectivity index (χ0) is 12.9. The molecule has 0 saturated carbocycles. The van der Waals surface area contributed by atoms with Gasteiger partial charge in [-0.25, -0.2) is 17.1 Å². The molecule has 1 rings (SSSR count). The largest absolute Gasteiger partial charge is 0.320 e. The van der Waals surface area contributed by atoms with Gasteiger partial charge < -0.3 is 5.32 Å². The fraction of sp³-hybridized carbons (Fsp3) is 0.455. The van der Waals surface area contributed by atoms with E-state index in [1.165, 1.54) is 29.6 Å².